The van der Waals surface area contributed by atoms with Gasteiger partial charge in [0.15, 0.2) is 0 Å². The Kier molecular flexibility index (Phi) is 5.51. The molecule has 3 aliphatic heterocycles. The van der Waals surface area contributed by atoms with E-state index in [0.29, 0.717) is 17.9 Å². The van der Waals surface area contributed by atoms with Crippen molar-refractivity contribution in [3.05, 3.63) is 34.9 Å². The van der Waals surface area contributed by atoms with Gasteiger partial charge in [0, 0.05) is 35.0 Å². The fourth-order valence-electron chi connectivity index (χ4n) is 4.41. The largest absolute Gasteiger partial charge is 0.477 e. The van der Waals surface area contributed by atoms with E-state index in [1.807, 2.05) is 6.92 Å². The van der Waals surface area contributed by atoms with E-state index < -0.39 is 18.0 Å². The van der Waals surface area contributed by atoms with Crippen LogP contribution in [0, 0.1) is 11.8 Å². The van der Waals surface area contributed by atoms with Gasteiger partial charge in [-0.1, -0.05) is 6.92 Å². The Morgan fingerprint density at radius 1 is 1.40 bits per heavy atom. The number of aliphatic hydroxyl groups excluding tert-OH is 1. The number of aromatic nitrogens is 2. The fourth-order valence-corrected chi connectivity index (χ4v) is 5.89. The molecule has 0 aromatic carbocycles. The Morgan fingerprint density at radius 3 is 2.80 bits per heavy atom. The van der Waals surface area contributed by atoms with Gasteiger partial charge in [-0.2, -0.15) is 0 Å². The van der Waals surface area contributed by atoms with Crippen LogP contribution in [0.2, 0.25) is 0 Å². The topological polar surface area (TPSA) is 145 Å². The minimum Gasteiger partial charge on any atom is -0.477 e. The number of carboxylic acid groups (broad SMARTS) is 1. The molecule has 4 N–H and O–H groups in total. The minimum absolute atomic E-state index is 0.0199. The van der Waals surface area contributed by atoms with Crippen molar-refractivity contribution in [2.45, 2.75) is 43.8 Å². The second kappa shape index (κ2) is 7.97. The van der Waals surface area contributed by atoms with E-state index >= 15 is 0 Å². The number of thioether (sulfide) groups is 1. The van der Waals surface area contributed by atoms with Gasteiger partial charge in [-0.3, -0.25) is 19.9 Å². The van der Waals surface area contributed by atoms with Crippen molar-refractivity contribution in [1.82, 2.24) is 25.5 Å². The molecule has 3 aliphatic rings. The number of amides is 2. The van der Waals surface area contributed by atoms with E-state index in [4.69, 9.17) is 0 Å². The van der Waals surface area contributed by atoms with E-state index in [2.05, 4.69) is 20.6 Å². The predicted octanol–water partition coefficient (Wildman–Crippen LogP) is -0.219. The first-order valence-electron chi connectivity index (χ1n) is 9.75. The van der Waals surface area contributed by atoms with Crippen molar-refractivity contribution in [1.29, 1.82) is 0 Å². The second-order valence-electron chi connectivity index (χ2n) is 7.77. The van der Waals surface area contributed by atoms with E-state index in [9.17, 15) is 24.6 Å². The average molecular weight is 433 g/mol. The molecule has 1 aromatic heterocycles. The van der Waals surface area contributed by atoms with Crippen molar-refractivity contribution >= 4 is 29.5 Å². The van der Waals surface area contributed by atoms with Crippen molar-refractivity contribution in [2.75, 3.05) is 6.54 Å². The Balaban J connectivity index is 1.43. The van der Waals surface area contributed by atoms with Crippen molar-refractivity contribution in [2.24, 2.45) is 11.8 Å². The zero-order chi connectivity index (χ0) is 21.6. The third kappa shape index (κ3) is 3.46. The van der Waals surface area contributed by atoms with Crippen LogP contribution in [0.5, 0.6) is 0 Å². The molecule has 0 unspecified atom stereocenters. The van der Waals surface area contributed by atoms with E-state index in [1.54, 1.807) is 6.92 Å². The van der Waals surface area contributed by atoms with Crippen LogP contribution in [0.3, 0.4) is 0 Å². The van der Waals surface area contributed by atoms with Gasteiger partial charge >= 0.3 is 5.97 Å². The molecule has 4 heterocycles. The van der Waals surface area contributed by atoms with Gasteiger partial charge in [0.2, 0.25) is 5.91 Å². The maximum atomic E-state index is 12.4. The molecule has 6 atom stereocenters. The summed E-state index contributed by atoms with van der Waals surface area (Å²) in [4.78, 5) is 46.4. The number of hydrogen-bond acceptors (Lipinski definition) is 8. The molecule has 11 heteroatoms. The molecule has 0 radical (unpaired) electrons. The molecule has 0 bridgehead atoms. The highest BCUT2D eigenvalue weighted by Crippen LogP contribution is 2.51. The van der Waals surface area contributed by atoms with Gasteiger partial charge in [-0.15, -0.1) is 11.8 Å². The number of nitrogens with one attached hydrogen (secondary N) is 2. The maximum absolute atomic E-state index is 12.4. The summed E-state index contributed by atoms with van der Waals surface area (Å²) in [7, 11) is 0. The Labute approximate surface area is 177 Å². The number of aliphatic hydroxyl groups is 1. The molecule has 1 aromatic rings. The number of nitrogens with zero attached hydrogens (tertiary/aromatic N) is 3. The lowest BCUT2D eigenvalue weighted by atomic mass is 9.79. The average Bonchev–Trinajstić information content (AvgIpc) is 3.23. The summed E-state index contributed by atoms with van der Waals surface area (Å²) in [6.45, 7) is 4.04. The molecule has 2 saturated heterocycles. The van der Waals surface area contributed by atoms with Gasteiger partial charge in [-0.05, 0) is 13.3 Å². The van der Waals surface area contributed by atoms with Crippen LogP contribution in [-0.2, 0) is 9.59 Å². The number of carbonyl (C=O) groups excluding carboxylic acids is 2. The van der Waals surface area contributed by atoms with Gasteiger partial charge in [0.25, 0.3) is 5.91 Å². The number of fused-ring (bicyclic) bond motifs is 1. The third-order valence-electron chi connectivity index (χ3n) is 5.80. The van der Waals surface area contributed by atoms with Crippen molar-refractivity contribution in [3.8, 4) is 0 Å². The first-order chi connectivity index (χ1) is 14.3. The number of carbonyl (C=O) groups is 3. The molecular weight excluding hydrogens is 410 g/mol. The van der Waals surface area contributed by atoms with Crippen LogP contribution in [0.25, 0.3) is 0 Å². The number of aliphatic carboxylic acids is 1. The van der Waals surface area contributed by atoms with Crippen LogP contribution in [-0.4, -0.2) is 73.0 Å². The number of β-lactam (4-membered cyclic amide) rings is 1. The van der Waals surface area contributed by atoms with Crippen molar-refractivity contribution in [3.63, 3.8) is 0 Å². The van der Waals surface area contributed by atoms with Crippen LogP contribution in [0.15, 0.2) is 29.2 Å². The summed E-state index contributed by atoms with van der Waals surface area (Å²) < 4.78 is 0. The molecule has 30 heavy (non-hydrogen) atoms. The minimum atomic E-state index is -1.14. The fraction of sp³-hybridized carbons (Fsp3) is 0.526. The molecule has 160 valence electrons. The molecule has 0 aliphatic carbocycles. The van der Waals surface area contributed by atoms with Crippen molar-refractivity contribution < 1.29 is 24.6 Å². The van der Waals surface area contributed by atoms with Crippen LogP contribution >= 0.6 is 11.8 Å². The first-order valence-corrected chi connectivity index (χ1v) is 10.6. The monoisotopic (exact) mass is 433 g/mol. The summed E-state index contributed by atoms with van der Waals surface area (Å²) in [6, 6.07) is -0.326. The zero-order valence-electron chi connectivity index (χ0n) is 16.5. The summed E-state index contributed by atoms with van der Waals surface area (Å²) in [5.41, 5.74) is 0.245. The smallest absolute Gasteiger partial charge is 0.353 e. The van der Waals surface area contributed by atoms with Gasteiger partial charge < -0.3 is 20.4 Å². The third-order valence-corrected chi connectivity index (χ3v) is 7.31. The first kappa shape index (κ1) is 20.8. The maximum Gasteiger partial charge on any atom is 0.353 e. The Bertz CT molecular complexity index is 908. The normalized spacial score (nSPS) is 31.4. The summed E-state index contributed by atoms with van der Waals surface area (Å²) in [5.74, 6) is -2.56. The van der Waals surface area contributed by atoms with Gasteiger partial charge in [0.05, 0.1) is 30.4 Å². The van der Waals surface area contributed by atoms with E-state index in [0.717, 1.165) is 0 Å². The van der Waals surface area contributed by atoms with E-state index in [1.165, 1.54) is 35.3 Å². The second-order valence-corrected chi connectivity index (χ2v) is 9.11. The Morgan fingerprint density at radius 2 is 2.17 bits per heavy atom. The number of hydrogen-bond donors (Lipinski definition) is 4. The molecule has 0 saturated carbocycles. The molecule has 2 fully saturated rings. The summed E-state index contributed by atoms with van der Waals surface area (Å²) >= 11 is 1.43. The SMILES string of the molecule is C[C@@H](O)[C@H]1C(=O)N2C(C(=O)O)=C(S[C@@H]3CN[C@H](NC(=O)c4cnccn4)C3)[C@H](C)[C@H]12. The summed E-state index contributed by atoms with van der Waals surface area (Å²) in [5, 5.41) is 25.8. The van der Waals surface area contributed by atoms with Crippen LogP contribution in [0.4, 0.5) is 0 Å². The van der Waals surface area contributed by atoms with E-state index in [-0.39, 0.29) is 46.6 Å². The zero-order valence-corrected chi connectivity index (χ0v) is 17.3. The van der Waals surface area contributed by atoms with Gasteiger partial charge in [0.1, 0.15) is 11.4 Å². The van der Waals surface area contributed by atoms with Crippen LogP contribution in [0.1, 0.15) is 30.8 Å². The summed E-state index contributed by atoms with van der Waals surface area (Å²) in [6.07, 6.45) is 3.83. The lowest BCUT2D eigenvalue weighted by molar-refractivity contribution is -0.163. The highest BCUT2D eigenvalue weighted by atomic mass is 32.2. The van der Waals surface area contributed by atoms with Gasteiger partial charge in [-0.25, -0.2) is 9.78 Å². The number of rotatable bonds is 6. The standard InChI is InChI=1S/C19H23N5O5S/c1-8-14-13(9(2)25)18(27)24(14)15(19(28)29)16(8)30-10-5-12(22-6-10)23-17(26)11-7-20-3-4-21-11/h3-4,7-10,12-14,22,25H,5-6H2,1-2H3,(H,23,26)(H,28,29)/t8-,9-,10+,12-,13-,14-/m1/s1. The number of carboxylic acids is 1. The molecule has 10 nitrogen and oxygen atoms in total. The molecule has 4 rings (SSSR count). The quantitative estimate of drug-likeness (QED) is 0.447. The highest BCUT2D eigenvalue weighted by molar-refractivity contribution is 8.03. The highest BCUT2D eigenvalue weighted by Gasteiger charge is 2.60. The molecule has 0 spiro atoms. The lowest BCUT2D eigenvalue weighted by Gasteiger charge is -2.46. The molecular formula is C19H23N5O5S. The lowest BCUT2D eigenvalue weighted by Crippen LogP contribution is -2.63. The van der Waals surface area contributed by atoms with Crippen LogP contribution < -0.4 is 10.6 Å². The molecule has 2 amide bonds. The predicted molar refractivity (Wildman–Crippen MR) is 107 cm³/mol. The Hall–Kier alpha value is -2.50.